The Labute approximate surface area is 115 Å². The third kappa shape index (κ3) is 4.99. The summed E-state index contributed by atoms with van der Waals surface area (Å²) in [6.45, 7) is 4.17. The number of hydrogen-bond donors (Lipinski definition) is 3. The summed E-state index contributed by atoms with van der Waals surface area (Å²) in [5.74, 6) is 0.171. The minimum Gasteiger partial charge on any atom is -0.380 e. The highest BCUT2D eigenvalue weighted by Crippen LogP contribution is 2.30. The molecule has 0 bridgehead atoms. The lowest BCUT2D eigenvalue weighted by Crippen LogP contribution is -2.41. The van der Waals surface area contributed by atoms with Gasteiger partial charge in [-0.1, -0.05) is 13.8 Å². The van der Waals surface area contributed by atoms with Gasteiger partial charge in [0.1, 0.15) is 0 Å². The topological polar surface area (TPSA) is 67.1 Å². The van der Waals surface area contributed by atoms with E-state index >= 15 is 0 Å². The molecule has 0 unspecified atom stereocenters. The van der Waals surface area contributed by atoms with E-state index in [1.807, 2.05) is 13.8 Å². The number of carbonyl (C=O) groups is 1. The zero-order chi connectivity index (χ0) is 15.3. The zero-order valence-electron chi connectivity index (χ0n) is 11.3. The molecule has 4 N–H and O–H groups in total. The maximum absolute atomic E-state index is 12.4. The molecule has 2 amide bonds. The highest BCUT2D eigenvalue weighted by molar-refractivity contribution is 5.71. The van der Waals surface area contributed by atoms with Crippen LogP contribution < -0.4 is 16.4 Å². The zero-order valence-corrected chi connectivity index (χ0v) is 11.3. The standard InChI is InChI=1S/C13H18F3N3O/c1-8(2)11(7-18-12(17)20)19-10-5-3-9(4-6-10)13(14,15)16/h3-6,8,11,19H,7H2,1-2H3,(H3,17,18,20)/t11-/m0/s1. The van der Waals surface area contributed by atoms with Gasteiger partial charge in [-0.05, 0) is 30.2 Å². The second kappa shape index (κ2) is 6.49. The predicted octanol–water partition coefficient (Wildman–Crippen LogP) is 2.81. The minimum absolute atomic E-state index is 0.126. The van der Waals surface area contributed by atoms with Crippen molar-refractivity contribution in [1.82, 2.24) is 5.32 Å². The summed E-state index contributed by atoms with van der Waals surface area (Å²) in [5, 5.41) is 5.55. The number of urea groups is 1. The molecule has 0 radical (unpaired) electrons. The van der Waals surface area contributed by atoms with Gasteiger partial charge in [-0.2, -0.15) is 13.2 Å². The largest absolute Gasteiger partial charge is 0.416 e. The van der Waals surface area contributed by atoms with Gasteiger partial charge >= 0.3 is 12.2 Å². The number of hydrogen-bond acceptors (Lipinski definition) is 2. The molecule has 0 fully saturated rings. The summed E-state index contributed by atoms with van der Waals surface area (Å²) < 4.78 is 37.3. The van der Waals surface area contributed by atoms with Crippen molar-refractivity contribution in [3.8, 4) is 0 Å². The molecule has 7 heteroatoms. The van der Waals surface area contributed by atoms with Crippen molar-refractivity contribution >= 4 is 11.7 Å². The number of amides is 2. The molecule has 112 valence electrons. The Balaban J connectivity index is 2.71. The van der Waals surface area contributed by atoms with Crippen LogP contribution in [0.25, 0.3) is 0 Å². The number of alkyl halides is 3. The molecule has 1 rings (SSSR count). The Kier molecular flexibility index (Phi) is 5.24. The van der Waals surface area contributed by atoms with E-state index in [1.54, 1.807) is 0 Å². The van der Waals surface area contributed by atoms with Crippen molar-refractivity contribution in [1.29, 1.82) is 0 Å². The van der Waals surface area contributed by atoms with E-state index in [4.69, 9.17) is 5.73 Å². The van der Waals surface area contributed by atoms with Crippen LogP contribution in [-0.2, 0) is 6.18 Å². The Morgan fingerprint density at radius 1 is 1.25 bits per heavy atom. The Hall–Kier alpha value is -1.92. The van der Waals surface area contributed by atoms with E-state index in [0.717, 1.165) is 12.1 Å². The first-order valence-electron chi connectivity index (χ1n) is 6.17. The first kappa shape index (κ1) is 16.1. The fourth-order valence-electron chi connectivity index (χ4n) is 1.63. The Morgan fingerprint density at radius 2 is 1.80 bits per heavy atom. The average Bonchev–Trinajstić information content (AvgIpc) is 2.33. The summed E-state index contributed by atoms with van der Waals surface area (Å²) in [6, 6.07) is 4.00. The predicted molar refractivity (Wildman–Crippen MR) is 71.3 cm³/mol. The summed E-state index contributed by atoms with van der Waals surface area (Å²) in [7, 11) is 0. The quantitative estimate of drug-likeness (QED) is 0.780. The minimum atomic E-state index is -4.34. The van der Waals surface area contributed by atoms with Crippen LogP contribution in [0.15, 0.2) is 24.3 Å². The lowest BCUT2D eigenvalue weighted by Gasteiger charge is -2.23. The Bertz CT molecular complexity index is 443. The monoisotopic (exact) mass is 289 g/mol. The number of carbonyl (C=O) groups excluding carboxylic acids is 1. The summed E-state index contributed by atoms with van der Waals surface area (Å²) in [5.41, 5.74) is 4.86. The molecule has 0 aliphatic carbocycles. The fourth-order valence-corrected chi connectivity index (χ4v) is 1.63. The maximum Gasteiger partial charge on any atom is 0.416 e. The van der Waals surface area contributed by atoms with Crippen LogP contribution in [0.1, 0.15) is 19.4 Å². The highest BCUT2D eigenvalue weighted by Gasteiger charge is 2.30. The van der Waals surface area contributed by atoms with Gasteiger partial charge in [-0.3, -0.25) is 0 Å². The fraction of sp³-hybridized carbons (Fsp3) is 0.462. The number of benzene rings is 1. The molecule has 0 saturated heterocycles. The number of rotatable bonds is 5. The highest BCUT2D eigenvalue weighted by atomic mass is 19.4. The number of nitrogens with two attached hydrogens (primary N) is 1. The molecule has 0 aliphatic rings. The van der Waals surface area contributed by atoms with Crippen molar-refractivity contribution in [2.45, 2.75) is 26.1 Å². The van der Waals surface area contributed by atoms with Crippen LogP contribution in [-0.4, -0.2) is 18.6 Å². The van der Waals surface area contributed by atoms with Crippen molar-refractivity contribution in [3.05, 3.63) is 29.8 Å². The molecule has 0 aromatic heterocycles. The molecule has 1 aromatic rings. The molecule has 0 heterocycles. The molecule has 1 atom stereocenters. The summed E-state index contributed by atoms with van der Waals surface area (Å²) in [4.78, 5) is 10.7. The van der Waals surface area contributed by atoms with Crippen molar-refractivity contribution < 1.29 is 18.0 Å². The average molecular weight is 289 g/mol. The maximum atomic E-state index is 12.4. The van der Waals surface area contributed by atoms with E-state index in [1.165, 1.54) is 12.1 Å². The van der Waals surface area contributed by atoms with E-state index in [-0.39, 0.29) is 12.0 Å². The number of anilines is 1. The molecule has 4 nitrogen and oxygen atoms in total. The van der Waals surface area contributed by atoms with Gasteiger partial charge < -0.3 is 16.4 Å². The first-order valence-corrected chi connectivity index (χ1v) is 6.17. The first-order chi connectivity index (χ1) is 9.20. The van der Waals surface area contributed by atoms with Crippen molar-refractivity contribution in [2.75, 3.05) is 11.9 Å². The second-order valence-electron chi connectivity index (χ2n) is 4.82. The van der Waals surface area contributed by atoms with Gasteiger partial charge in [-0.25, -0.2) is 4.79 Å². The van der Waals surface area contributed by atoms with E-state index < -0.39 is 17.8 Å². The van der Waals surface area contributed by atoms with Crippen LogP contribution in [0.3, 0.4) is 0 Å². The van der Waals surface area contributed by atoms with E-state index in [0.29, 0.717) is 12.2 Å². The number of nitrogens with one attached hydrogen (secondary N) is 2. The van der Waals surface area contributed by atoms with Gasteiger partial charge in [0.15, 0.2) is 0 Å². The van der Waals surface area contributed by atoms with Gasteiger partial charge in [0.2, 0.25) is 0 Å². The number of primary amides is 1. The molecule has 0 aliphatic heterocycles. The molecular weight excluding hydrogens is 271 g/mol. The van der Waals surface area contributed by atoms with Crippen LogP contribution in [0, 0.1) is 5.92 Å². The van der Waals surface area contributed by atoms with Crippen LogP contribution >= 0.6 is 0 Å². The van der Waals surface area contributed by atoms with Crippen LogP contribution in [0.2, 0.25) is 0 Å². The van der Waals surface area contributed by atoms with Gasteiger partial charge in [0.05, 0.1) is 5.56 Å². The second-order valence-corrected chi connectivity index (χ2v) is 4.82. The molecule has 20 heavy (non-hydrogen) atoms. The summed E-state index contributed by atoms with van der Waals surface area (Å²) in [6.07, 6.45) is -4.34. The smallest absolute Gasteiger partial charge is 0.380 e. The van der Waals surface area contributed by atoms with Crippen molar-refractivity contribution in [3.63, 3.8) is 0 Å². The van der Waals surface area contributed by atoms with Gasteiger partial charge in [0, 0.05) is 18.3 Å². The Morgan fingerprint density at radius 3 is 2.20 bits per heavy atom. The molecule has 1 aromatic carbocycles. The van der Waals surface area contributed by atoms with E-state index in [2.05, 4.69) is 10.6 Å². The lowest BCUT2D eigenvalue weighted by molar-refractivity contribution is -0.137. The van der Waals surface area contributed by atoms with Gasteiger partial charge in [0.25, 0.3) is 0 Å². The summed E-state index contributed by atoms with van der Waals surface area (Å²) >= 11 is 0. The lowest BCUT2D eigenvalue weighted by atomic mass is 10.0. The van der Waals surface area contributed by atoms with Crippen LogP contribution in [0.4, 0.5) is 23.7 Å². The number of halogens is 3. The SMILES string of the molecule is CC(C)[C@H](CNC(N)=O)Nc1ccc(C(F)(F)F)cc1. The van der Waals surface area contributed by atoms with Crippen LogP contribution in [0.5, 0.6) is 0 Å². The van der Waals surface area contributed by atoms with Gasteiger partial charge in [-0.15, -0.1) is 0 Å². The third-order valence-corrected chi connectivity index (χ3v) is 2.87. The third-order valence-electron chi connectivity index (χ3n) is 2.87. The molecule has 0 spiro atoms. The normalized spacial score (nSPS) is 13.1. The van der Waals surface area contributed by atoms with Crippen molar-refractivity contribution in [2.24, 2.45) is 11.7 Å². The van der Waals surface area contributed by atoms with E-state index in [9.17, 15) is 18.0 Å². The molecule has 0 saturated carbocycles. The molecular formula is C13H18F3N3O.